The fourth-order valence-corrected chi connectivity index (χ4v) is 2.40. The average Bonchev–Trinajstić information content (AvgIpc) is 2.96. The summed E-state index contributed by atoms with van der Waals surface area (Å²) in [5.41, 5.74) is 1.93. The van der Waals surface area contributed by atoms with Crippen LogP contribution in [0.3, 0.4) is 0 Å². The molecule has 7 heteroatoms. The van der Waals surface area contributed by atoms with Crippen molar-refractivity contribution in [2.45, 2.75) is 40.2 Å². The van der Waals surface area contributed by atoms with Crippen molar-refractivity contribution < 1.29 is 19.4 Å². The molecule has 0 aliphatic rings. The molecule has 0 aliphatic carbocycles. The van der Waals surface area contributed by atoms with E-state index < -0.39 is 12.1 Å². The van der Waals surface area contributed by atoms with E-state index in [1.54, 1.807) is 38.1 Å². The van der Waals surface area contributed by atoms with Crippen LogP contribution in [0.25, 0.3) is 5.69 Å². The quantitative estimate of drug-likeness (QED) is 0.754. The van der Waals surface area contributed by atoms with Crippen LogP contribution in [0.2, 0.25) is 0 Å². The molecular weight excluding hydrogens is 334 g/mol. The first-order valence-corrected chi connectivity index (χ1v) is 8.60. The smallest absolute Gasteiger partial charge is 0.339 e. The molecule has 2 rings (SSSR count). The third-order valence-electron chi connectivity index (χ3n) is 4.03. The molecule has 2 aromatic rings. The van der Waals surface area contributed by atoms with Crippen molar-refractivity contribution in [2.75, 3.05) is 11.9 Å². The van der Waals surface area contributed by atoms with E-state index in [2.05, 4.69) is 24.3 Å². The Hall–Kier alpha value is -2.67. The van der Waals surface area contributed by atoms with Gasteiger partial charge in [0.15, 0.2) is 0 Å². The number of nitrogens with zero attached hydrogens (tertiary/aromatic N) is 2. The van der Waals surface area contributed by atoms with Gasteiger partial charge >= 0.3 is 5.97 Å². The Balaban J connectivity index is 2.07. The molecule has 1 unspecified atom stereocenters. The summed E-state index contributed by atoms with van der Waals surface area (Å²) < 4.78 is 7.09. The molecule has 0 aliphatic heterocycles. The number of carbonyl (C=O) groups is 2. The Labute approximate surface area is 153 Å². The van der Waals surface area contributed by atoms with Gasteiger partial charge in [-0.3, -0.25) is 4.79 Å². The van der Waals surface area contributed by atoms with Gasteiger partial charge in [-0.1, -0.05) is 19.9 Å². The van der Waals surface area contributed by atoms with E-state index in [1.807, 2.05) is 0 Å². The summed E-state index contributed by atoms with van der Waals surface area (Å²) in [5.74, 6) is -0.727. The second-order valence-corrected chi connectivity index (χ2v) is 6.60. The number of carboxylic acid groups (broad SMARTS) is 1. The monoisotopic (exact) mass is 359 g/mol. The van der Waals surface area contributed by atoms with E-state index >= 15 is 0 Å². The lowest BCUT2D eigenvalue weighted by Crippen LogP contribution is -2.28. The maximum absolute atomic E-state index is 12.3. The number of carboxylic acids is 1. The molecule has 2 N–H and O–H groups in total. The number of benzene rings is 1. The molecule has 1 aromatic carbocycles. The first kappa shape index (κ1) is 19.7. The van der Waals surface area contributed by atoms with Gasteiger partial charge in [0.25, 0.3) is 5.91 Å². The van der Waals surface area contributed by atoms with Crippen LogP contribution in [-0.2, 0) is 9.53 Å². The Morgan fingerprint density at radius 2 is 2.04 bits per heavy atom. The average molecular weight is 359 g/mol. The summed E-state index contributed by atoms with van der Waals surface area (Å²) in [7, 11) is 0. The Morgan fingerprint density at radius 1 is 1.31 bits per heavy atom. The second-order valence-electron chi connectivity index (χ2n) is 6.60. The molecule has 1 aromatic heterocycles. The molecule has 1 amide bonds. The van der Waals surface area contributed by atoms with Crippen LogP contribution in [0.5, 0.6) is 0 Å². The van der Waals surface area contributed by atoms with E-state index in [9.17, 15) is 9.59 Å². The largest absolute Gasteiger partial charge is 0.478 e. The van der Waals surface area contributed by atoms with Crippen LogP contribution in [-0.4, -0.2) is 39.5 Å². The number of aromatic carboxylic acids is 1. The van der Waals surface area contributed by atoms with Crippen LogP contribution in [0.4, 0.5) is 5.69 Å². The Bertz CT molecular complexity index is 783. The Morgan fingerprint density at radius 3 is 2.65 bits per heavy atom. The molecule has 0 spiro atoms. The van der Waals surface area contributed by atoms with E-state index in [1.165, 1.54) is 10.9 Å². The van der Waals surface area contributed by atoms with E-state index in [0.29, 0.717) is 29.6 Å². The zero-order valence-corrected chi connectivity index (χ0v) is 15.5. The fourth-order valence-electron chi connectivity index (χ4n) is 2.40. The van der Waals surface area contributed by atoms with Crippen molar-refractivity contribution in [2.24, 2.45) is 5.92 Å². The number of amides is 1. The predicted molar refractivity (Wildman–Crippen MR) is 98.8 cm³/mol. The van der Waals surface area contributed by atoms with Crippen LogP contribution in [0.15, 0.2) is 30.5 Å². The number of nitrogens with one attached hydrogen (secondary N) is 1. The normalized spacial score (nSPS) is 12.2. The minimum Gasteiger partial charge on any atom is -0.478 e. The fraction of sp³-hybridized carbons (Fsp3) is 0.421. The standard InChI is InChI=1S/C19H25N3O4/c1-12(2)8-9-26-14(4)18(23)21-15-6-5-7-16(10-15)22-13(3)17(11-20-22)19(24)25/h5-7,10-12,14H,8-9H2,1-4H3,(H,21,23)(H,24,25). The number of ether oxygens (including phenoxy) is 1. The third-order valence-corrected chi connectivity index (χ3v) is 4.03. The van der Waals surface area contributed by atoms with Gasteiger partial charge in [-0.25, -0.2) is 9.48 Å². The van der Waals surface area contributed by atoms with Crippen molar-refractivity contribution in [1.29, 1.82) is 0 Å². The van der Waals surface area contributed by atoms with E-state index in [4.69, 9.17) is 9.84 Å². The second kappa shape index (κ2) is 8.62. The third kappa shape index (κ3) is 4.92. The first-order chi connectivity index (χ1) is 12.3. The van der Waals surface area contributed by atoms with Gasteiger partial charge in [0.1, 0.15) is 11.7 Å². The van der Waals surface area contributed by atoms with E-state index in [0.717, 1.165) is 6.42 Å². The Kier molecular flexibility index (Phi) is 6.52. The number of rotatable bonds is 8. The van der Waals surface area contributed by atoms with Crippen LogP contribution in [0, 0.1) is 12.8 Å². The highest BCUT2D eigenvalue weighted by Gasteiger charge is 2.16. The van der Waals surface area contributed by atoms with Crippen LogP contribution >= 0.6 is 0 Å². The van der Waals surface area contributed by atoms with Gasteiger partial charge in [-0.2, -0.15) is 5.10 Å². The van der Waals surface area contributed by atoms with Crippen molar-refractivity contribution in [1.82, 2.24) is 9.78 Å². The molecule has 7 nitrogen and oxygen atoms in total. The number of hydrogen-bond acceptors (Lipinski definition) is 4. The summed E-state index contributed by atoms with van der Waals surface area (Å²) in [5, 5.41) is 16.1. The summed E-state index contributed by atoms with van der Waals surface area (Å²) in [4.78, 5) is 23.4. The summed E-state index contributed by atoms with van der Waals surface area (Å²) >= 11 is 0. The number of anilines is 1. The van der Waals surface area contributed by atoms with Crippen molar-refractivity contribution in [3.63, 3.8) is 0 Å². The zero-order valence-electron chi connectivity index (χ0n) is 15.5. The van der Waals surface area contributed by atoms with E-state index in [-0.39, 0.29) is 11.5 Å². The molecule has 140 valence electrons. The number of hydrogen-bond donors (Lipinski definition) is 2. The van der Waals surface area contributed by atoms with Gasteiger partial charge in [-0.05, 0) is 44.4 Å². The lowest BCUT2D eigenvalue weighted by atomic mass is 10.1. The lowest BCUT2D eigenvalue weighted by Gasteiger charge is -2.15. The van der Waals surface area contributed by atoms with Crippen molar-refractivity contribution >= 4 is 17.6 Å². The number of aromatic nitrogens is 2. The minimum absolute atomic E-state index is 0.145. The van der Waals surface area contributed by atoms with Crippen LogP contribution < -0.4 is 5.32 Å². The van der Waals surface area contributed by atoms with Gasteiger partial charge in [0.05, 0.1) is 17.6 Å². The molecular formula is C19H25N3O4. The topological polar surface area (TPSA) is 93.5 Å². The molecule has 0 radical (unpaired) electrons. The maximum atomic E-state index is 12.3. The molecule has 1 atom stereocenters. The molecule has 0 saturated heterocycles. The molecule has 1 heterocycles. The highest BCUT2D eigenvalue weighted by Crippen LogP contribution is 2.18. The molecule has 26 heavy (non-hydrogen) atoms. The van der Waals surface area contributed by atoms with Crippen LogP contribution in [0.1, 0.15) is 43.2 Å². The lowest BCUT2D eigenvalue weighted by molar-refractivity contribution is -0.126. The molecule has 0 saturated carbocycles. The van der Waals surface area contributed by atoms with Gasteiger partial charge in [0, 0.05) is 12.3 Å². The molecule has 0 bridgehead atoms. The summed E-state index contributed by atoms with van der Waals surface area (Å²) in [6.07, 6.45) is 1.66. The van der Waals surface area contributed by atoms with Gasteiger partial charge in [0.2, 0.25) is 0 Å². The van der Waals surface area contributed by atoms with Crippen molar-refractivity contribution in [3.05, 3.63) is 41.7 Å². The summed E-state index contributed by atoms with van der Waals surface area (Å²) in [6, 6.07) is 7.07. The number of carbonyl (C=O) groups excluding carboxylic acids is 1. The minimum atomic E-state index is -1.02. The SMILES string of the molecule is Cc1c(C(=O)O)cnn1-c1cccc(NC(=O)C(C)OCCC(C)C)c1. The zero-order chi connectivity index (χ0) is 19.3. The first-order valence-electron chi connectivity index (χ1n) is 8.60. The highest BCUT2D eigenvalue weighted by atomic mass is 16.5. The maximum Gasteiger partial charge on any atom is 0.339 e. The van der Waals surface area contributed by atoms with Gasteiger partial charge < -0.3 is 15.2 Å². The predicted octanol–water partition coefficient (Wildman–Crippen LogP) is 3.27. The molecule has 0 fully saturated rings. The van der Waals surface area contributed by atoms with Crippen molar-refractivity contribution in [3.8, 4) is 5.69 Å². The van der Waals surface area contributed by atoms with Gasteiger partial charge in [-0.15, -0.1) is 0 Å². The highest BCUT2D eigenvalue weighted by molar-refractivity contribution is 5.94. The summed E-state index contributed by atoms with van der Waals surface area (Å²) in [6.45, 7) is 8.15.